The van der Waals surface area contributed by atoms with Crippen LogP contribution in [-0.4, -0.2) is 31.4 Å². The maximum absolute atomic E-state index is 10.2. The van der Waals surface area contributed by atoms with Gasteiger partial charge in [-0.05, 0) is 13.0 Å². The molecule has 2 N–H and O–H groups in total. The number of ether oxygens (including phenoxy) is 2. The fourth-order valence-corrected chi connectivity index (χ4v) is 2.77. The predicted molar refractivity (Wildman–Crippen MR) is 69.0 cm³/mol. The Kier molecular flexibility index (Phi) is 3.22. The Labute approximate surface area is 111 Å². The van der Waals surface area contributed by atoms with Crippen molar-refractivity contribution in [3.63, 3.8) is 0 Å². The van der Waals surface area contributed by atoms with Gasteiger partial charge in [0.15, 0.2) is 11.5 Å². The average Bonchev–Trinajstić information content (AvgIpc) is 2.78. The Hall–Kier alpha value is -1.13. The minimum absolute atomic E-state index is 0.134. The van der Waals surface area contributed by atoms with Gasteiger partial charge in [-0.25, -0.2) is 0 Å². The number of fused-ring (bicyclic) bond motifs is 1. The molecule has 0 aromatic heterocycles. The topological polar surface area (TPSA) is 50.7 Å². The summed E-state index contributed by atoms with van der Waals surface area (Å²) in [6, 6.07) is 1.64. The van der Waals surface area contributed by atoms with Crippen LogP contribution in [-0.2, 0) is 0 Å². The van der Waals surface area contributed by atoms with E-state index >= 15 is 0 Å². The van der Waals surface area contributed by atoms with E-state index in [9.17, 15) is 5.11 Å². The van der Waals surface area contributed by atoms with Crippen LogP contribution < -0.4 is 14.8 Å². The summed E-state index contributed by atoms with van der Waals surface area (Å²) in [5, 5.41) is 13.8. The van der Waals surface area contributed by atoms with Gasteiger partial charge >= 0.3 is 0 Å². The van der Waals surface area contributed by atoms with Crippen molar-refractivity contribution in [3.8, 4) is 17.2 Å². The van der Waals surface area contributed by atoms with Crippen LogP contribution in [0.1, 0.15) is 24.3 Å². The minimum Gasteiger partial charge on any atom is -0.506 e. The summed E-state index contributed by atoms with van der Waals surface area (Å²) < 4.78 is 11.4. The molecular formula is C13H16ClNO3. The summed E-state index contributed by atoms with van der Waals surface area (Å²) in [5.41, 5.74) is 0.796. The maximum Gasteiger partial charge on any atom is 0.168 e. The van der Waals surface area contributed by atoms with E-state index < -0.39 is 0 Å². The van der Waals surface area contributed by atoms with E-state index in [4.69, 9.17) is 21.1 Å². The van der Waals surface area contributed by atoms with Crippen LogP contribution in [0.25, 0.3) is 0 Å². The third-order valence-electron chi connectivity index (χ3n) is 3.47. The van der Waals surface area contributed by atoms with E-state index in [2.05, 4.69) is 5.32 Å². The smallest absolute Gasteiger partial charge is 0.168 e. The molecule has 0 radical (unpaired) electrons. The molecule has 0 aliphatic carbocycles. The van der Waals surface area contributed by atoms with E-state index in [-0.39, 0.29) is 11.7 Å². The van der Waals surface area contributed by atoms with Gasteiger partial charge < -0.3 is 19.9 Å². The first-order valence-corrected chi connectivity index (χ1v) is 6.67. The van der Waals surface area contributed by atoms with Gasteiger partial charge in [0, 0.05) is 30.5 Å². The Morgan fingerprint density at radius 3 is 2.94 bits per heavy atom. The highest BCUT2D eigenvalue weighted by atomic mass is 35.5. The molecule has 0 amide bonds. The zero-order valence-corrected chi connectivity index (χ0v) is 10.8. The second-order valence-corrected chi connectivity index (χ2v) is 5.10. The summed E-state index contributed by atoms with van der Waals surface area (Å²) in [7, 11) is 0. The van der Waals surface area contributed by atoms with Crippen molar-refractivity contribution in [2.45, 2.75) is 18.8 Å². The molecular weight excluding hydrogens is 254 g/mol. The lowest BCUT2D eigenvalue weighted by molar-refractivity contribution is 0.295. The lowest BCUT2D eigenvalue weighted by Gasteiger charge is -2.19. The Morgan fingerprint density at radius 2 is 2.17 bits per heavy atom. The number of benzene rings is 1. The van der Waals surface area contributed by atoms with Crippen molar-refractivity contribution in [1.82, 2.24) is 5.32 Å². The quantitative estimate of drug-likeness (QED) is 0.821. The number of phenolic OH excluding ortho intramolecular Hbond substituents is 1. The second-order valence-electron chi connectivity index (χ2n) is 4.69. The van der Waals surface area contributed by atoms with Crippen LogP contribution in [0.5, 0.6) is 17.2 Å². The van der Waals surface area contributed by atoms with E-state index in [1.165, 1.54) is 0 Å². The third-order valence-corrected chi connectivity index (χ3v) is 3.76. The van der Waals surface area contributed by atoms with Gasteiger partial charge in [0.05, 0.1) is 18.2 Å². The van der Waals surface area contributed by atoms with E-state index in [1.807, 2.05) is 0 Å². The fourth-order valence-electron chi connectivity index (χ4n) is 2.57. The van der Waals surface area contributed by atoms with Crippen LogP contribution >= 0.6 is 11.6 Å². The lowest BCUT2D eigenvalue weighted by atomic mass is 9.96. The molecule has 1 unspecified atom stereocenters. The summed E-state index contributed by atoms with van der Waals surface area (Å²) in [6.45, 7) is 3.02. The number of hydrogen-bond acceptors (Lipinski definition) is 4. The molecule has 1 aromatic rings. The third kappa shape index (κ3) is 1.99. The van der Waals surface area contributed by atoms with Crippen LogP contribution in [0.2, 0.25) is 5.02 Å². The van der Waals surface area contributed by atoms with Crippen molar-refractivity contribution < 1.29 is 14.6 Å². The molecule has 0 saturated carbocycles. The van der Waals surface area contributed by atoms with Gasteiger partial charge in [-0.15, -0.1) is 0 Å². The molecule has 3 rings (SSSR count). The zero-order chi connectivity index (χ0) is 12.5. The first-order chi connectivity index (χ1) is 8.77. The SMILES string of the molecule is Oc1c(Cl)cc2c(c1C1CCNC1)OCCCO2. The molecule has 2 aliphatic heterocycles. The van der Waals surface area contributed by atoms with Crippen LogP contribution in [0.3, 0.4) is 0 Å². The highest BCUT2D eigenvalue weighted by Gasteiger charge is 2.29. The molecule has 5 heteroatoms. The van der Waals surface area contributed by atoms with Crippen LogP contribution in [0, 0.1) is 0 Å². The second kappa shape index (κ2) is 4.86. The van der Waals surface area contributed by atoms with Crippen LogP contribution in [0.4, 0.5) is 0 Å². The lowest BCUT2D eigenvalue weighted by Crippen LogP contribution is -2.09. The van der Waals surface area contributed by atoms with E-state index in [1.54, 1.807) is 6.07 Å². The van der Waals surface area contributed by atoms with Gasteiger partial charge in [-0.1, -0.05) is 11.6 Å². The maximum atomic E-state index is 10.2. The average molecular weight is 270 g/mol. The molecule has 98 valence electrons. The number of halogens is 1. The molecule has 0 spiro atoms. The molecule has 2 heterocycles. The van der Waals surface area contributed by atoms with Crippen molar-refractivity contribution in [2.24, 2.45) is 0 Å². The molecule has 1 atom stereocenters. The molecule has 1 saturated heterocycles. The summed E-state index contributed by atoms with van der Waals surface area (Å²) in [5.74, 6) is 1.69. The molecule has 4 nitrogen and oxygen atoms in total. The van der Waals surface area contributed by atoms with Crippen molar-refractivity contribution in [1.29, 1.82) is 0 Å². The molecule has 1 aromatic carbocycles. The summed E-state index contributed by atoms with van der Waals surface area (Å²) in [6.07, 6.45) is 1.82. The normalized spacial score (nSPS) is 22.8. The van der Waals surface area contributed by atoms with E-state index in [0.29, 0.717) is 29.7 Å². The van der Waals surface area contributed by atoms with Crippen molar-refractivity contribution >= 4 is 11.6 Å². The van der Waals surface area contributed by atoms with Gasteiger partial charge in [0.25, 0.3) is 0 Å². The van der Waals surface area contributed by atoms with Gasteiger partial charge in [-0.3, -0.25) is 0 Å². The number of phenols is 1. The zero-order valence-electron chi connectivity index (χ0n) is 10.0. The first-order valence-electron chi connectivity index (χ1n) is 6.29. The van der Waals surface area contributed by atoms with Gasteiger partial charge in [0.2, 0.25) is 0 Å². The highest BCUT2D eigenvalue weighted by molar-refractivity contribution is 6.32. The molecule has 1 fully saturated rings. The highest BCUT2D eigenvalue weighted by Crippen LogP contribution is 2.48. The van der Waals surface area contributed by atoms with Crippen molar-refractivity contribution in [3.05, 3.63) is 16.7 Å². The Bertz CT molecular complexity index is 458. The number of aromatic hydroxyl groups is 1. The number of hydrogen-bond donors (Lipinski definition) is 2. The molecule has 18 heavy (non-hydrogen) atoms. The Balaban J connectivity index is 2.11. The summed E-state index contributed by atoms with van der Waals surface area (Å²) >= 11 is 6.08. The van der Waals surface area contributed by atoms with Gasteiger partial charge in [-0.2, -0.15) is 0 Å². The fraction of sp³-hybridized carbons (Fsp3) is 0.538. The standard InChI is InChI=1S/C13H16ClNO3/c14-9-6-10-13(18-5-1-4-17-10)11(12(9)16)8-2-3-15-7-8/h6,8,15-16H,1-5,7H2. The van der Waals surface area contributed by atoms with E-state index in [0.717, 1.165) is 31.5 Å². The van der Waals surface area contributed by atoms with Gasteiger partial charge in [0.1, 0.15) is 5.75 Å². The monoisotopic (exact) mass is 269 g/mol. The van der Waals surface area contributed by atoms with Crippen LogP contribution in [0.15, 0.2) is 6.07 Å². The number of nitrogens with one attached hydrogen (secondary N) is 1. The molecule has 0 bridgehead atoms. The Morgan fingerprint density at radius 1 is 1.33 bits per heavy atom. The van der Waals surface area contributed by atoms with Crippen molar-refractivity contribution in [2.75, 3.05) is 26.3 Å². The first kappa shape index (κ1) is 11.9. The largest absolute Gasteiger partial charge is 0.506 e. The number of rotatable bonds is 1. The molecule has 2 aliphatic rings. The minimum atomic E-state index is 0.134. The summed E-state index contributed by atoms with van der Waals surface area (Å²) in [4.78, 5) is 0. The predicted octanol–water partition coefficient (Wildman–Crippen LogP) is 2.28.